The lowest BCUT2D eigenvalue weighted by Crippen LogP contribution is -2.47. The molecule has 0 spiro atoms. The summed E-state index contributed by atoms with van der Waals surface area (Å²) in [4.78, 5) is 0. The molecule has 0 fully saturated rings. The molecule has 0 saturated carbocycles. The van der Waals surface area contributed by atoms with Crippen molar-refractivity contribution >= 4 is 0 Å². The van der Waals surface area contributed by atoms with E-state index in [-0.39, 0.29) is 5.41 Å². The van der Waals surface area contributed by atoms with Gasteiger partial charge in [-0.15, -0.1) is 0 Å². The van der Waals surface area contributed by atoms with Crippen LogP contribution in [-0.2, 0) is 0 Å². The molecule has 0 aliphatic heterocycles. The average molecular weight is 234 g/mol. The Morgan fingerprint density at radius 2 is 1.76 bits per heavy atom. The van der Waals surface area contributed by atoms with Gasteiger partial charge in [0.1, 0.15) is 5.70 Å². The summed E-state index contributed by atoms with van der Waals surface area (Å²) in [5, 5.41) is 0. The molecule has 0 aromatic carbocycles. The first kappa shape index (κ1) is 14.2. The Kier molecular flexibility index (Phi) is 4.37. The molecule has 0 amide bonds. The van der Waals surface area contributed by atoms with E-state index in [1.54, 1.807) is 5.70 Å². The second-order valence-electron chi connectivity index (χ2n) is 6.14. The molecule has 0 saturated heterocycles. The minimum Gasteiger partial charge on any atom is -0.297 e. The van der Waals surface area contributed by atoms with Gasteiger partial charge in [0.2, 0.25) is 0 Å². The van der Waals surface area contributed by atoms with E-state index in [0.29, 0.717) is 0 Å². The van der Waals surface area contributed by atoms with E-state index in [9.17, 15) is 0 Å². The van der Waals surface area contributed by atoms with E-state index < -0.39 is 0 Å². The van der Waals surface area contributed by atoms with Gasteiger partial charge in [0.15, 0.2) is 0 Å². The second-order valence-corrected chi connectivity index (χ2v) is 6.14. The summed E-state index contributed by atoms with van der Waals surface area (Å²) in [5.41, 5.74) is 3.32. The van der Waals surface area contributed by atoms with Gasteiger partial charge in [0, 0.05) is 11.0 Å². The van der Waals surface area contributed by atoms with Gasteiger partial charge in [-0.05, 0) is 20.3 Å². The van der Waals surface area contributed by atoms with Crippen molar-refractivity contribution in [1.82, 2.24) is 0 Å². The topological polar surface area (TPSA) is 0 Å². The van der Waals surface area contributed by atoms with Crippen LogP contribution in [0.15, 0.2) is 35.6 Å². The molecular formula is C16H28N+. The number of hydrogen-bond acceptors (Lipinski definition) is 0. The zero-order valence-electron chi connectivity index (χ0n) is 12.4. The van der Waals surface area contributed by atoms with E-state index in [4.69, 9.17) is 0 Å². The maximum atomic E-state index is 2.36. The number of allylic oxidation sites excluding steroid dienone is 6. The molecule has 0 atom stereocenters. The Labute approximate surface area is 107 Å². The van der Waals surface area contributed by atoms with E-state index >= 15 is 0 Å². The quantitative estimate of drug-likeness (QED) is 0.639. The number of nitrogens with zero attached hydrogens (tertiary/aromatic N) is 1. The molecule has 1 nitrogen and oxygen atoms in total. The molecule has 0 radical (unpaired) electrons. The Morgan fingerprint density at radius 3 is 2.12 bits per heavy atom. The highest BCUT2D eigenvalue weighted by atomic mass is 15.3. The van der Waals surface area contributed by atoms with Gasteiger partial charge in [-0.25, -0.2) is 0 Å². The fraction of sp³-hybridized carbons (Fsp3) is 0.625. The molecule has 1 aliphatic carbocycles. The van der Waals surface area contributed by atoms with Crippen molar-refractivity contribution in [3.8, 4) is 0 Å². The zero-order valence-corrected chi connectivity index (χ0v) is 12.4. The number of rotatable bonds is 3. The maximum absolute atomic E-state index is 2.36. The molecule has 1 rings (SSSR count). The molecule has 0 bridgehead atoms. The lowest BCUT2D eigenvalue weighted by atomic mass is 9.84. The second kappa shape index (κ2) is 5.22. The Morgan fingerprint density at radius 1 is 1.18 bits per heavy atom. The lowest BCUT2D eigenvalue weighted by Gasteiger charge is -2.41. The summed E-state index contributed by atoms with van der Waals surface area (Å²) in [5.74, 6) is 0. The van der Waals surface area contributed by atoms with Crippen LogP contribution in [-0.4, -0.2) is 24.6 Å². The first-order chi connectivity index (χ1) is 7.85. The van der Waals surface area contributed by atoms with Crippen LogP contribution in [0.2, 0.25) is 0 Å². The largest absolute Gasteiger partial charge is 0.297 e. The van der Waals surface area contributed by atoms with Crippen LogP contribution in [0.4, 0.5) is 0 Å². The van der Waals surface area contributed by atoms with Crippen molar-refractivity contribution in [3.05, 3.63) is 35.6 Å². The average Bonchev–Trinajstić information content (AvgIpc) is 2.28. The molecule has 1 heteroatoms. The van der Waals surface area contributed by atoms with E-state index in [1.165, 1.54) is 5.57 Å². The van der Waals surface area contributed by atoms with Crippen LogP contribution >= 0.6 is 0 Å². The monoisotopic (exact) mass is 234 g/mol. The summed E-state index contributed by atoms with van der Waals surface area (Å²) >= 11 is 0. The normalized spacial score (nSPS) is 19.6. The Balaban J connectivity index is 3.31. The molecular weight excluding hydrogens is 206 g/mol. The van der Waals surface area contributed by atoms with Gasteiger partial charge in [0.25, 0.3) is 0 Å². The van der Waals surface area contributed by atoms with Crippen LogP contribution < -0.4 is 0 Å². The van der Waals surface area contributed by atoms with Gasteiger partial charge < -0.3 is 0 Å². The van der Waals surface area contributed by atoms with Crippen LogP contribution in [0.3, 0.4) is 0 Å². The molecule has 0 N–H and O–H groups in total. The fourth-order valence-corrected chi connectivity index (χ4v) is 2.87. The molecule has 0 aromatic rings. The minimum atomic E-state index is 0.228. The van der Waals surface area contributed by atoms with Crippen LogP contribution in [0.5, 0.6) is 0 Å². The SMILES string of the molecule is CC[N+](C)(CC)C(=C1C=CC=CC1)C(C)(C)C. The van der Waals surface area contributed by atoms with Crippen molar-refractivity contribution in [2.75, 3.05) is 20.1 Å². The van der Waals surface area contributed by atoms with Crippen molar-refractivity contribution in [1.29, 1.82) is 0 Å². The van der Waals surface area contributed by atoms with Gasteiger partial charge in [-0.2, -0.15) is 0 Å². The zero-order chi connectivity index (χ0) is 13.1. The van der Waals surface area contributed by atoms with Crippen molar-refractivity contribution in [2.45, 2.75) is 41.0 Å². The van der Waals surface area contributed by atoms with E-state index in [2.05, 4.69) is 66.0 Å². The molecule has 0 heterocycles. The highest BCUT2D eigenvalue weighted by Crippen LogP contribution is 2.37. The van der Waals surface area contributed by atoms with Crippen molar-refractivity contribution in [2.24, 2.45) is 5.41 Å². The highest BCUT2D eigenvalue weighted by Gasteiger charge is 2.35. The number of quaternary nitrogens is 1. The molecule has 17 heavy (non-hydrogen) atoms. The van der Waals surface area contributed by atoms with E-state index in [1.807, 2.05) is 0 Å². The number of hydrogen-bond donors (Lipinski definition) is 0. The smallest absolute Gasteiger partial charge is 0.117 e. The summed E-state index contributed by atoms with van der Waals surface area (Å²) in [7, 11) is 2.36. The van der Waals surface area contributed by atoms with Crippen LogP contribution in [0, 0.1) is 5.41 Å². The third-order valence-corrected chi connectivity index (χ3v) is 3.83. The maximum Gasteiger partial charge on any atom is 0.117 e. The van der Waals surface area contributed by atoms with Gasteiger partial charge in [-0.3, -0.25) is 4.48 Å². The molecule has 0 unspecified atom stereocenters. The Bertz CT molecular complexity index is 346. The van der Waals surface area contributed by atoms with Gasteiger partial charge in [0.05, 0.1) is 20.1 Å². The minimum absolute atomic E-state index is 0.228. The first-order valence-corrected chi connectivity index (χ1v) is 6.77. The molecule has 0 aromatic heterocycles. The summed E-state index contributed by atoms with van der Waals surface area (Å²) < 4.78 is 1.05. The van der Waals surface area contributed by atoms with Crippen molar-refractivity contribution in [3.63, 3.8) is 0 Å². The van der Waals surface area contributed by atoms with Crippen molar-refractivity contribution < 1.29 is 4.48 Å². The highest BCUT2D eigenvalue weighted by molar-refractivity contribution is 5.33. The van der Waals surface area contributed by atoms with E-state index in [0.717, 1.165) is 24.0 Å². The van der Waals surface area contributed by atoms with Crippen LogP contribution in [0.1, 0.15) is 41.0 Å². The lowest BCUT2D eigenvalue weighted by molar-refractivity contribution is -0.875. The summed E-state index contributed by atoms with van der Waals surface area (Å²) in [6.45, 7) is 13.9. The molecule has 96 valence electrons. The fourth-order valence-electron chi connectivity index (χ4n) is 2.87. The third-order valence-electron chi connectivity index (χ3n) is 3.83. The summed E-state index contributed by atoms with van der Waals surface area (Å²) in [6, 6.07) is 0. The predicted octanol–water partition coefficient (Wildman–Crippen LogP) is 4.29. The Hall–Kier alpha value is -0.820. The van der Waals surface area contributed by atoms with Gasteiger partial charge in [-0.1, -0.05) is 45.1 Å². The predicted molar refractivity (Wildman–Crippen MR) is 76.6 cm³/mol. The first-order valence-electron chi connectivity index (χ1n) is 6.77. The molecule has 1 aliphatic rings. The summed E-state index contributed by atoms with van der Waals surface area (Å²) in [6.07, 6.45) is 9.95. The van der Waals surface area contributed by atoms with Gasteiger partial charge >= 0.3 is 0 Å². The third kappa shape index (κ3) is 3.10. The van der Waals surface area contributed by atoms with Crippen LogP contribution in [0.25, 0.3) is 0 Å². The standard InChI is InChI=1S/C16H28N/c1-7-17(6,8-2)15(16(3,4)5)14-12-10-9-11-13-14/h9-12H,7-8,13H2,1-6H3/q+1.